The maximum atomic E-state index is 12.5. The summed E-state index contributed by atoms with van der Waals surface area (Å²) < 4.78 is 2.09. The molecule has 3 heterocycles. The second kappa shape index (κ2) is 8.20. The molecule has 0 aromatic carbocycles. The van der Waals surface area contributed by atoms with Gasteiger partial charge in [-0.1, -0.05) is 0 Å². The van der Waals surface area contributed by atoms with Crippen LogP contribution in [-0.4, -0.2) is 43.2 Å². The minimum absolute atomic E-state index is 0.0111. The first-order chi connectivity index (χ1) is 13.6. The van der Waals surface area contributed by atoms with Gasteiger partial charge in [0.05, 0.1) is 24.4 Å². The van der Waals surface area contributed by atoms with Crippen LogP contribution in [0, 0.1) is 6.92 Å². The molecule has 3 aromatic heterocycles. The molecule has 2 N–H and O–H groups in total. The fraction of sp³-hybridized carbons (Fsp3) is 0.400. The van der Waals surface area contributed by atoms with E-state index in [9.17, 15) is 9.90 Å². The van der Waals surface area contributed by atoms with E-state index in [1.165, 1.54) is 17.0 Å². The zero-order valence-electron chi connectivity index (χ0n) is 15.8. The Hall–Kier alpha value is -2.58. The normalized spacial score (nSPS) is 16.0. The Morgan fingerprint density at radius 3 is 3.11 bits per heavy atom. The molecule has 1 aliphatic carbocycles. The van der Waals surface area contributed by atoms with Gasteiger partial charge in [-0.15, -0.1) is 11.3 Å². The van der Waals surface area contributed by atoms with Crippen molar-refractivity contribution in [2.75, 3.05) is 6.61 Å². The maximum Gasteiger partial charge on any atom is 0.226 e. The Bertz CT molecular complexity index is 966. The van der Waals surface area contributed by atoms with E-state index in [1.807, 2.05) is 24.4 Å². The molecule has 1 aliphatic rings. The number of hydrogen-bond acceptors (Lipinski definition) is 6. The lowest BCUT2D eigenvalue weighted by Crippen LogP contribution is -2.40. The lowest BCUT2D eigenvalue weighted by atomic mass is 9.95. The first-order valence-corrected chi connectivity index (χ1v) is 10.3. The van der Waals surface area contributed by atoms with E-state index < -0.39 is 0 Å². The fourth-order valence-corrected chi connectivity index (χ4v) is 4.54. The predicted octanol–water partition coefficient (Wildman–Crippen LogP) is 1.92. The zero-order chi connectivity index (χ0) is 19.5. The van der Waals surface area contributed by atoms with Crippen molar-refractivity contribution in [1.29, 1.82) is 0 Å². The van der Waals surface area contributed by atoms with Gasteiger partial charge in [0.15, 0.2) is 0 Å². The number of pyridine rings is 1. The lowest BCUT2D eigenvalue weighted by molar-refractivity contribution is -0.121. The van der Waals surface area contributed by atoms with Crippen LogP contribution in [0.2, 0.25) is 0 Å². The summed E-state index contributed by atoms with van der Waals surface area (Å²) in [4.78, 5) is 25.8. The molecule has 0 bridgehead atoms. The van der Waals surface area contributed by atoms with Crippen molar-refractivity contribution in [3.8, 4) is 10.6 Å². The molecule has 0 radical (unpaired) electrons. The molecule has 0 spiro atoms. The van der Waals surface area contributed by atoms with Gasteiger partial charge in [-0.25, -0.2) is 9.97 Å². The highest BCUT2D eigenvalue weighted by Crippen LogP contribution is 2.24. The highest BCUT2D eigenvalue weighted by Gasteiger charge is 2.25. The number of fused-ring (bicyclic) bond motifs is 1. The van der Waals surface area contributed by atoms with Crippen molar-refractivity contribution in [3.63, 3.8) is 0 Å². The van der Waals surface area contributed by atoms with Crippen molar-refractivity contribution in [2.45, 2.75) is 45.2 Å². The molecule has 1 unspecified atom stereocenters. The Labute approximate surface area is 167 Å². The molecule has 4 rings (SSSR count). The van der Waals surface area contributed by atoms with Crippen molar-refractivity contribution in [2.24, 2.45) is 0 Å². The minimum Gasteiger partial charge on any atom is -0.395 e. The smallest absolute Gasteiger partial charge is 0.226 e. The van der Waals surface area contributed by atoms with Gasteiger partial charge < -0.3 is 15.0 Å². The Kier molecular flexibility index (Phi) is 5.50. The Morgan fingerprint density at radius 1 is 1.43 bits per heavy atom. The molecular weight excluding hydrogens is 374 g/mol. The third-order valence-corrected chi connectivity index (χ3v) is 5.95. The van der Waals surface area contributed by atoms with Gasteiger partial charge in [0.2, 0.25) is 5.91 Å². The quantitative estimate of drug-likeness (QED) is 0.663. The number of carbonyl (C=O) groups is 1. The minimum atomic E-state index is -0.0111. The third-order valence-electron chi connectivity index (χ3n) is 5.01. The summed E-state index contributed by atoms with van der Waals surface area (Å²) in [6.45, 7) is 2.65. The van der Waals surface area contributed by atoms with Crippen molar-refractivity contribution in [3.05, 3.63) is 52.8 Å². The molecule has 0 aliphatic heterocycles. The van der Waals surface area contributed by atoms with Gasteiger partial charge in [-0.05, 0) is 31.9 Å². The van der Waals surface area contributed by atoms with Crippen molar-refractivity contribution in [1.82, 2.24) is 24.8 Å². The number of carbonyl (C=O) groups excluding carboxylic acids is 1. The summed E-state index contributed by atoms with van der Waals surface area (Å²) in [5.41, 5.74) is 3.97. The van der Waals surface area contributed by atoms with E-state index in [4.69, 9.17) is 0 Å². The lowest BCUT2D eigenvalue weighted by Gasteiger charge is -2.23. The molecular formula is C20H23N5O2S. The first-order valence-electron chi connectivity index (χ1n) is 9.44. The number of nitrogens with one attached hydrogen (secondary N) is 1. The van der Waals surface area contributed by atoms with Crippen molar-refractivity contribution >= 4 is 17.2 Å². The number of aliphatic hydroxyl groups excluding tert-OH is 1. The van der Waals surface area contributed by atoms with Gasteiger partial charge in [0.1, 0.15) is 10.8 Å². The molecule has 7 nitrogen and oxygen atoms in total. The van der Waals surface area contributed by atoms with Crippen LogP contribution in [0.1, 0.15) is 29.3 Å². The van der Waals surface area contributed by atoms with Gasteiger partial charge >= 0.3 is 0 Å². The molecule has 1 amide bonds. The standard InChI is InChI=1S/C20H23N5O2S/c1-13-22-17-9-15(4-5-18(17)25(13)7-8-26)23-19(27)10-16-12-28-20(24-16)14-3-2-6-21-11-14/h2-3,6,11-12,15,26H,4-5,7-10H2,1H3,(H,23,27). The van der Waals surface area contributed by atoms with Gasteiger partial charge in [-0.3, -0.25) is 9.78 Å². The number of nitrogens with zero attached hydrogens (tertiary/aromatic N) is 4. The summed E-state index contributed by atoms with van der Waals surface area (Å²) in [5.74, 6) is 0.916. The highest BCUT2D eigenvalue weighted by molar-refractivity contribution is 7.13. The van der Waals surface area contributed by atoms with Crippen molar-refractivity contribution < 1.29 is 9.90 Å². The summed E-state index contributed by atoms with van der Waals surface area (Å²) in [6, 6.07) is 3.94. The molecule has 146 valence electrons. The van der Waals surface area contributed by atoms with Crippen LogP contribution >= 0.6 is 11.3 Å². The zero-order valence-corrected chi connectivity index (χ0v) is 16.6. The molecule has 0 fully saturated rings. The van der Waals surface area contributed by atoms with Crippen LogP contribution in [-0.2, 0) is 30.6 Å². The molecule has 28 heavy (non-hydrogen) atoms. The Morgan fingerprint density at radius 2 is 2.32 bits per heavy atom. The van der Waals surface area contributed by atoms with Gasteiger partial charge in [-0.2, -0.15) is 0 Å². The van der Waals surface area contributed by atoms with Crippen LogP contribution in [0.4, 0.5) is 0 Å². The number of thiazole rings is 1. The molecule has 1 atom stereocenters. The topological polar surface area (TPSA) is 92.9 Å². The number of aliphatic hydroxyl groups is 1. The molecule has 0 saturated carbocycles. The number of rotatable bonds is 6. The molecule has 0 saturated heterocycles. The number of aromatic nitrogens is 4. The summed E-state index contributed by atoms with van der Waals surface area (Å²) in [5, 5.41) is 15.2. The summed E-state index contributed by atoms with van der Waals surface area (Å²) in [7, 11) is 0. The highest BCUT2D eigenvalue weighted by atomic mass is 32.1. The van der Waals surface area contributed by atoms with E-state index in [0.29, 0.717) is 6.54 Å². The SMILES string of the molecule is Cc1nc2c(n1CCO)CCC(NC(=O)Cc1csc(-c3cccnc3)n1)C2. The monoisotopic (exact) mass is 397 g/mol. The van der Waals surface area contributed by atoms with E-state index in [-0.39, 0.29) is 25.0 Å². The fourth-order valence-electron chi connectivity index (χ4n) is 3.73. The number of amides is 1. The van der Waals surface area contributed by atoms with E-state index in [1.54, 1.807) is 12.4 Å². The summed E-state index contributed by atoms with van der Waals surface area (Å²) in [6.07, 6.45) is 6.27. The average molecular weight is 398 g/mol. The summed E-state index contributed by atoms with van der Waals surface area (Å²) >= 11 is 1.53. The average Bonchev–Trinajstić information content (AvgIpc) is 3.27. The first kappa shape index (κ1) is 18.8. The second-order valence-electron chi connectivity index (χ2n) is 7.00. The van der Waals surface area contributed by atoms with E-state index >= 15 is 0 Å². The van der Waals surface area contributed by atoms with Gasteiger partial charge in [0.25, 0.3) is 0 Å². The number of imidazole rings is 1. The Balaban J connectivity index is 1.36. The second-order valence-corrected chi connectivity index (χ2v) is 7.86. The van der Waals surface area contributed by atoms with Crippen LogP contribution in [0.15, 0.2) is 29.9 Å². The largest absolute Gasteiger partial charge is 0.395 e. The number of hydrogen-bond donors (Lipinski definition) is 2. The third kappa shape index (κ3) is 3.98. The van der Waals surface area contributed by atoms with Crippen LogP contribution in [0.3, 0.4) is 0 Å². The maximum absolute atomic E-state index is 12.5. The predicted molar refractivity (Wildman–Crippen MR) is 107 cm³/mol. The van der Waals surface area contributed by atoms with Crippen LogP contribution in [0.25, 0.3) is 10.6 Å². The van der Waals surface area contributed by atoms with Crippen LogP contribution < -0.4 is 5.32 Å². The van der Waals surface area contributed by atoms with E-state index in [0.717, 1.165) is 47.0 Å². The van der Waals surface area contributed by atoms with Crippen LogP contribution in [0.5, 0.6) is 0 Å². The van der Waals surface area contributed by atoms with E-state index in [2.05, 4.69) is 24.8 Å². The van der Waals surface area contributed by atoms with Gasteiger partial charge in [0, 0.05) is 48.0 Å². The number of aryl methyl sites for hydroxylation is 1. The molecule has 8 heteroatoms. The molecule has 3 aromatic rings.